The van der Waals surface area contributed by atoms with E-state index >= 15 is 0 Å². The van der Waals surface area contributed by atoms with Gasteiger partial charge in [-0.15, -0.1) is 53.6 Å². The molecule has 0 spiro atoms. The number of aromatic nitrogens is 2. The Bertz CT molecular complexity index is 3700. The van der Waals surface area contributed by atoms with E-state index in [9.17, 15) is 0 Å². The molecule has 5 nitrogen and oxygen atoms in total. The molecule has 0 radical (unpaired) electrons. The number of nitrogens with zero attached hydrogens (tertiary/aromatic N) is 4. The van der Waals surface area contributed by atoms with Crippen LogP contribution >= 0.6 is 0 Å². The quantitative estimate of drug-likeness (QED) is 0.121. The summed E-state index contributed by atoms with van der Waals surface area (Å²) < 4.78 is 9.32. The first-order valence-electron chi connectivity index (χ1n) is 26.2. The molecule has 0 bridgehead atoms. The molecule has 0 atom stereocenters. The van der Waals surface area contributed by atoms with Crippen LogP contribution in [-0.2, 0) is 42.7 Å². The maximum absolute atomic E-state index is 7.08. The first-order chi connectivity index (χ1) is 35.9. The number of fused-ring (bicyclic) bond motifs is 3. The van der Waals surface area contributed by atoms with Gasteiger partial charge in [-0.3, -0.25) is 0 Å². The van der Waals surface area contributed by atoms with Crippen LogP contribution in [0.3, 0.4) is 0 Å². The summed E-state index contributed by atoms with van der Waals surface area (Å²) in [5.41, 5.74) is 14.9. The predicted molar refractivity (Wildman–Crippen MR) is 313 cm³/mol. The van der Waals surface area contributed by atoms with Gasteiger partial charge in [0.05, 0.1) is 0 Å². The molecule has 6 heteroatoms. The van der Waals surface area contributed by atoms with E-state index in [2.05, 4.69) is 297 Å². The van der Waals surface area contributed by atoms with Crippen molar-refractivity contribution in [2.24, 2.45) is 0 Å². The third-order valence-electron chi connectivity index (χ3n) is 15.3. The Kier molecular flexibility index (Phi) is 13.9. The van der Waals surface area contributed by atoms with E-state index in [1.54, 1.807) is 0 Å². The number of anilines is 2. The second-order valence-electron chi connectivity index (χ2n) is 23.2. The van der Waals surface area contributed by atoms with Crippen molar-refractivity contribution in [1.29, 1.82) is 0 Å². The van der Waals surface area contributed by atoms with Gasteiger partial charge in [0, 0.05) is 61.1 Å². The third-order valence-corrected chi connectivity index (χ3v) is 15.3. The molecule has 0 saturated heterocycles. The topological polar surface area (TPSA) is 33.5 Å². The van der Waals surface area contributed by atoms with Gasteiger partial charge in [-0.2, -0.15) is 6.07 Å². The Morgan fingerprint density at radius 1 is 0.461 bits per heavy atom. The van der Waals surface area contributed by atoms with Crippen molar-refractivity contribution in [3.8, 4) is 28.4 Å². The van der Waals surface area contributed by atoms with Crippen molar-refractivity contribution in [3.05, 3.63) is 264 Å². The van der Waals surface area contributed by atoms with Crippen molar-refractivity contribution in [2.45, 2.75) is 90.9 Å². The molecule has 0 N–H and O–H groups in total. The summed E-state index contributed by atoms with van der Waals surface area (Å²) in [6.45, 7) is 25.1. The number of hydrogen-bond donors (Lipinski definition) is 0. The van der Waals surface area contributed by atoms with Crippen molar-refractivity contribution in [2.75, 3.05) is 9.80 Å². The maximum atomic E-state index is 7.08. The van der Waals surface area contributed by atoms with Gasteiger partial charge in [-0.1, -0.05) is 214 Å². The molecule has 8 aromatic carbocycles. The molecule has 11 rings (SSSR count). The molecule has 10 aromatic rings. The first kappa shape index (κ1) is 52.0. The number of benzene rings is 8. The van der Waals surface area contributed by atoms with Crippen LogP contribution < -0.4 is 14.5 Å². The molecule has 3 heterocycles. The minimum absolute atomic E-state index is 0. The van der Waals surface area contributed by atoms with E-state index in [1.807, 2.05) is 12.3 Å². The number of hydrogen-bond acceptors (Lipinski definition) is 4. The van der Waals surface area contributed by atoms with Gasteiger partial charge in [0.2, 0.25) is 0 Å². The van der Waals surface area contributed by atoms with Crippen molar-refractivity contribution >= 4 is 38.9 Å². The summed E-state index contributed by atoms with van der Waals surface area (Å²) in [7, 11) is 0. The Morgan fingerprint density at radius 3 is 1.64 bits per heavy atom. The van der Waals surface area contributed by atoms with Crippen LogP contribution in [0.25, 0.3) is 44.4 Å². The fourth-order valence-corrected chi connectivity index (χ4v) is 10.4. The number of ether oxygens (including phenoxy) is 1. The monoisotopic (exact) mass is 1170 g/mol. The van der Waals surface area contributed by atoms with Gasteiger partial charge in [-0.05, 0) is 103 Å². The fraction of sp³-hybridized carbons (Fsp3) is 0.200. The molecular weight excluding hydrogens is 1110 g/mol. The minimum Gasteiger partial charge on any atom is -0.509 e. The van der Waals surface area contributed by atoms with Crippen LogP contribution in [-0.4, -0.2) is 9.55 Å². The van der Waals surface area contributed by atoms with E-state index in [4.69, 9.17) is 9.72 Å². The zero-order valence-corrected chi connectivity index (χ0v) is 47.5. The second kappa shape index (κ2) is 20.2. The van der Waals surface area contributed by atoms with Gasteiger partial charge >= 0.3 is 0 Å². The van der Waals surface area contributed by atoms with E-state index in [0.717, 1.165) is 66.9 Å². The molecule has 0 fully saturated rings. The fourth-order valence-electron chi connectivity index (χ4n) is 10.4. The van der Waals surface area contributed by atoms with Gasteiger partial charge < -0.3 is 19.1 Å². The van der Waals surface area contributed by atoms with Crippen LogP contribution in [0.5, 0.6) is 11.5 Å². The summed E-state index contributed by atoms with van der Waals surface area (Å²) in [4.78, 5) is 9.60. The first-order valence-corrected chi connectivity index (χ1v) is 26.2. The van der Waals surface area contributed by atoms with Crippen LogP contribution in [0.4, 0.5) is 11.4 Å². The molecule has 1 aliphatic heterocycles. The predicted octanol–water partition coefficient (Wildman–Crippen LogP) is 17.9. The minimum atomic E-state index is -0.391. The van der Waals surface area contributed by atoms with Gasteiger partial charge in [0.1, 0.15) is 5.82 Å². The molecule has 0 aliphatic carbocycles. The standard InChI is InChI=1S/C70H65N4O.Pt/c1-67(2,3)54-38-55(68(4,5)6)40-58(39-54)73-47-72(46-65(73)49-25-17-12-18-26-49)57-41-56(70(9,10)52-29-21-14-22-30-52)42-60(44-57)75-59-32-33-61-62-37-50(48-23-15-11-16-24-48)31-34-63(62)74(64(61)45-59)66-43-53(35-36-71-66)69(7,8)51-27-19-13-20-28-51;/h11-43,46-47H,1-10H3;/q-3;. The molecule has 0 saturated carbocycles. The summed E-state index contributed by atoms with van der Waals surface area (Å²) in [5.74, 6) is 1.98. The van der Waals surface area contributed by atoms with Gasteiger partial charge in [-0.25, -0.2) is 4.98 Å². The Morgan fingerprint density at radius 2 is 1.04 bits per heavy atom. The summed E-state index contributed by atoms with van der Waals surface area (Å²) in [6, 6.07) is 77.0. The third kappa shape index (κ3) is 10.1. The van der Waals surface area contributed by atoms with Crippen LogP contribution in [0.15, 0.2) is 207 Å². The SMILES string of the molecule is CC(C)(C)c1cc(N2[CH-]N(c3[c-]c(Oc4[c-]c5c(cc4)c4cc(-c6ccccc6)ccc4n5-c4cc(C(C)(C)c5ccccc5)ccn4)cc(C(C)(C)c4ccccc4)c3)C=C2c2ccccc2)cc(C(C)(C)C)c1.[Pt]. The molecule has 1 aliphatic rings. The summed E-state index contributed by atoms with van der Waals surface area (Å²) in [6.07, 6.45) is 4.16. The van der Waals surface area contributed by atoms with Crippen molar-refractivity contribution in [3.63, 3.8) is 0 Å². The Labute approximate surface area is 464 Å². The molecular formula is C70H65N4OPt-3. The van der Waals surface area contributed by atoms with E-state index in [0.29, 0.717) is 11.5 Å². The number of rotatable bonds is 11. The zero-order chi connectivity index (χ0) is 52.3. The normalized spacial score (nSPS) is 13.3. The summed E-state index contributed by atoms with van der Waals surface area (Å²) >= 11 is 0. The Hall–Kier alpha value is -7.46. The van der Waals surface area contributed by atoms with Crippen LogP contribution in [0, 0.1) is 18.8 Å². The largest absolute Gasteiger partial charge is 0.509 e. The second-order valence-corrected chi connectivity index (χ2v) is 23.2. The van der Waals surface area contributed by atoms with Gasteiger partial charge in [0.25, 0.3) is 0 Å². The van der Waals surface area contributed by atoms with E-state index < -0.39 is 5.41 Å². The molecule has 384 valence electrons. The van der Waals surface area contributed by atoms with Crippen LogP contribution in [0.1, 0.15) is 108 Å². The molecule has 76 heavy (non-hydrogen) atoms. The maximum Gasteiger partial charge on any atom is 0.135 e. The molecule has 2 aromatic heterocycles. The average molecular weight is 1170 g/mol. The van der Waals surface area contributed by atoms with Crippen LogP contribution in [0.2, 0.25) is 0 Å². The summed E-state index contributed by atoms with van der Waals surface area (Å²) in [5, 5.41) is 2.17. The average Bonchev–Trinajstić information content (AvgIpc) is 4.01. The van der Waals surface area contributed by atoms with E-state index in [1.165, 1.54) is 27.8 Å². The van der Waals surface area contributed by atoms with E-state index in [-0.39, 0.29) is 37.3 Å². The van der Waals surface area contributed by atoms with Crippen molar-refractivity contribution in [1.82, 2.24) is 9.55 Å². The zero-order valence-electron chi connectivity index (χ0n) is 45.2. The Balaban J connectivity index is 0.00000657. The molecule has 0 amide bonds. The molecule has 0 unspecified atom stereocenters. The van der Waals surface area contributed by atoms with Gasteiger partial charge in [0.15, 0.2) is 0 Å². The van der Waals surface area contributed by atoms with Crippen molar-refractivity contribution < 1.29 is 25.8 Å². The smallest absolute Gasteiger partial charge is 0.135 e. The number of pyridine rings is 1.